The average Bonchev–Trinajstić information content (AvgIpc) is 3.11. The summed E-state index contributed by atoms with van der Waals surface area (Å²) in [7, 11) is 0. The summed E-state index contributed by atoms with van der Waals surface area (Å²) >= 11 is 0. The Balaban J connectivity index is 1.97. The van der Waals surface area contributed by atoms with Crippen LogP contribution in [0.15, 0.2) is 36.4 Å². The average molecular weight is 309 g/mol. The number of aryl methyl sites for hydroxylation is 2. The fraction of sp³-hybridized carbons (Fsp3) is 0.222. The lowest BCUT2D eigenvalue weighted by molar-refractivity contribution is 0.474. The number of rotatable bonds is 2. The molecule has 0 radical (unpaired) electrons. The standard InChI is InChI=1S/C18H16FN3O/c1-11-4-9-15(23)17(20-11)18-16(12-5-7-13(19)8-6-12)14-3-2-10-22(14)21-18/h4-9,23H,2-3,10H2,1H3. The van der Waals surface area contributed by atoms with E-state index < -0.39 is 0 Å². The maximum absolute atomic E-state index is 13.3. The molecular formula is C18H16FN3O. The number of nitrogens with zero attached hydrogens (tertiary/aromatic N) is 3. The Kier molecular flexibility index (Phi) is 3.15. The summed E-state index contributed by atoms with van der Waals surface area (Å²) in [6.45, 7) is 2.74. The molecule has 0 saturated heterocycles. The lowest BCUT2D eigenvalue weighted by Gasteiger charge is -2.07. The van der Waals surface area contributed by atoms with Gasteiger partial charge in [-0.3, -0.25) is 4.68 Å². The molecule has 1 aromatic carbocycles. The van der Waals surface area contributed by atoms with Crippen LogP contribution in [0.5, 0.6) is 5.75 Å². The number of fused-ring (bicyclic) bond motifs is 1. The number of halogens is 1. The number of aromatic hydroxyl groups is 1. The van der Waals surface area contributed by atoms with Crippen LogP contribution in [0.3, 0.4) is 0 Å². The van der Waals surface area contributed by atoms with Gasteiger partial charge in [-0.15, -0.1) is 0 Å². The number of pyridine rings is 1. The van der Waals surface area contributed by atoms with Crippen LogP contribution in [-0.2, 0) is 13.0 Å². The molecule has 1 N–H and O–H groups in total. The van der Waals surface area contributed by atoms with Gasteiger partial charge in [-0.2, -0.15) is 5.10 Å². The fourth-order valence-electron chi connectivity index (χ4n) is 3.14. The highest BCUT2D eigenvalue weighted by atomic mass is 19.1. The summed E-state index contributed by atoms with van der Waals surface area (Å²) < 4.78 is 15.2. The zero-order valence-electron chi connectivity index (χ0n) is 12.8. The minimum atomic E-state index is -0.268. The summed E-state index contributed by atoms with van der Waals surface area (Å²) in [5, 5.41) is 14.9. The summed E-state index contributed by atoms with van der Waals surface area (Å²) in [4.78, 5) is 4.46. The van der Waals surface area contributed by atoms with E-state index >= 15 is 0 Å². The van der Waals surface area contributed by atoms with Gasteiger partial charge in [0.2, 0.25) is 0 Å². The van der Waals surface area contributed by atoms with Crippen LogP contribution in [0.1, 0.15) is 17.8 Å². The third-order valence-electron chi connectivity index (χ3n) is 4.21. The van der Waals surface area contributed by atoms with Crippen molar-refractivity contribution in [3.63, 3.8) is 0 Å². The molecule has 5 heteroatoms. The minimum Gasteiger partial charge on any atom is -0.506 e. The van der Waals surface area contributed by atoms with E-state index in [9.17, 15) is 9.50 Å². The molecule has 116 valence electrons. The van der Waals surface area contributed by atoms with Crippen molar-refractivity contribution >= 4 is 0 Å². The van der Waals surface area contributed by atoms with E-state index in [2.05, 4.69) is 10.1 Å². The van der Waals surface area contributed by atoms with Crippen LogP contribution >= 0.6 is 0 Å². The lowest BCUT2D eigenvalue weighted by atomic mass is 9.99. The SMILES string of the molecule is Cc1ccc(O)c(-c2nn3c(c2-c2ccc(F)cc2)CCC3)n1. The van der Waals surface area contributed by atoms with E-state index in [1.54, 1.807) is 24.3 Å². The second kappa shape index (κ2) is 5.19. The highest BCUT2D eigenvalue weighted by Crippen LogP contribution is 2.39. The molecule has 0 bridgehead atoms. The molecule has 3 heterocycles. The number of hydrogen-bond donors (Lipinski definition) is 1. The van der Waals surface area contributed by atoms with Gasteiger partial charge in [0.05, 0.1) is 0 Å². The zero-order valence-corrected chi connectivity index (χ0v) is 12.8. The third-order valence-corrected chi connectivity index (χ3v) is 4.21. The van der Waals surface area contributed by atoms with Gasteiger partial charge in [0.15, 0.2) is 0 Å². The van der Waals surface area contributed by atoms with Crippen LogP contribution in [-0.4, -0.2) is 19.9 Å². The molecule has 0 unspecified atom stereocenters. The molecular weight excluding hydrogens is 293 g/mol. The molecule has 0 saturated carbocycles. The van der Waals surface area contributed by atoms with E-state index in [4.69, 9.17) is 0 Å². The molecule has 4 rings (SSSR count). The van der Waals surface area contributed by atoms with E-state index in [1.165, 1.54) is 12.1 Å². The maximum Gasteiger partial charge on any atom is 0.143 e. The molecule has 2 aromatic heterocycles. The number of hydrogen-bond acceptors (Lipinski definition) is 3. The van der Waals surface area contributed by atoms with E-state index in [0.717, 1.165) is 41.9 Å². The Labute approximate surface area is 133 Å². The molecule has 0 atom stereocenters. The van der Waals surface area contributed by atoms with Gasteiger partial charge < -0.3 is 5.11 Å². The van der Waals surface area contributed by atoms with Gasteiger partial charge >= 0.3 is 0 Å². The van der Waals surface area contributed by atoms with Gasteiger partial charge in [-0.1, -0.05) is 12.1 Å². The Morgan fingerprint density at radius 3 is 2.65 bits per heavy atom. The largest absolute Gasteiger partial charge is 0.506 e. The molecule has 0 fully saturated rings. The topological polar surface area (TPSA) is 50.9 Å². The molecule has 0 amide bonds. The van der Waals surface area contributed by atoms with Crippen LogP contribution in [0, 0.1) is 12.7 Å². The highest BCUT2D eigenvalue weighted by molar-refractivity contribution is 5.83. The summed E-state index contributed by atoms with van der Waals surface area (Å²) in [5.74, 6) is -0.161. The van der Waals surface area contributed by atoms with Crippen molar-refractivity contribution in [2.24, 2.45) is 0 Å². The first-order valence-electron chi connectivity index (χ1n) is 7.66. The van der Waals surface area contributed by atoms with E-state index in [1.807, 2.05) is 11.6 Å². The number of aromatic nitrogens is 3. The predicted molar refractivity (Wildman–Crippen MR) is 85.6 cm³/mol. The molecule has 0 spiro atoms. The summed E-state index contributed by atoms with van der Waals surface area (Å²) in [6, 6.07) is 9.80. The Hall–Kier alpha value is -2.69. The van der Waals surface area contributed by atoms with Gasteiger partial charge in [0, 0.05) is 23.5 Å². The predicted octanol–water partition coefficient (Wildman–Crippen LogP) is 3.71. The van der Waals surface area contributed by atoms with Crippen LogP contribution in [0.25, 0.3) is 22.5 Å². The molecule has 1 aliphatic rings. The molecule has 23 heavy (non-hydrogen) atoms. The molecule has 1 aliphatic heterocycles. The Morgan fingerprint density at radius 2 is 1.87 bits per heavy atom. The second-order valence-corrected chi connectivity index (χ2v) is 5.82. The van der Waals surface area contributed by atoms with Crippen LogP contribution in [0.4, 0.5) is 4.39 Å². The van der Waals surface area contributed by atoms with Gasteiger partial charge in [-0.05, 0) is 49.6 Å². The van der Waals surface area contributed by atoms with Gasteiger partial charge in [0.25, 0.3) is 0 Å². The fourth-order valence-corrected chi connectivity index (χ4v) is 3.14. The third kappa shape index (κ3) is 2.29. The van der Waals surface area contributed by atoms with Gasteiger partial charge in [0.1, 0.15) is 23.0 Å². The summed E-state index contributed by atoms with van der Waals surface area (Å²) in [5.41, 5.74) is 4.91. The van der Waals surface area contributed by atoms with Crippen molar-refractivity contribution in [1.82, 2.24) is 14.8 Å². The van der Waals surface area contributed by atoms with E-state index in [0.29, 0.717) is 11.4 Å². The van der Waals surface area contributed by atoms with Crippen molar-refractivity contribution in [3.8, 4) is 28.3 Å². The van der Waals surface area contributed by atoms with Crippen molar-refractivity contribution in [1.29, 1.82) is 0 Å². The zero-order chi connectivity index (χ0) is 16.0. The second-order valence-electron chi connectivity index (χ2n) is 5.82. The normalized spacial score (nSPS) is 13.3. The first-order chi connectivity index (χ1) is 11.1. The van der Waals surface area contributed by atoms with Crippen molar-refractivity contribution in [2.75, 3.05) is 0 Å². The van der Waals surface area contributed by atoms with E-state index in [-0.39, 0.29) is 11.6 Å². The Bertz CT molecular complexity index is 884. The molecule has 0 aliphatic carbocycles. The monoisotopic (exact) mass is 309 g/mol. The minimum absolute atomic E-state index is 0.107. The maximum atomic E-state index is 13.3. The van der Waals surface area contributed by atoms with Gasteiger partial charge in [-0.25, -0.2) is 9.37 Å². The first-order valence-corrected chi connectivity index (χ1v) is 7.66. The Morgan fingerprint density at radius 1 is 1.09 bits per heavy atom. The lowest BCUT2D eigenvalue weighted by Crippen LogP contribution is -1.95. The van der Waals surface area contributed by atoms with Crippen molar-refractivity contribution in [2.45, 2.75) is 26.3 Å². The van der Waals surface area contributed by atoms with Crippen LogP contribution < -0.4 is 0 Å². The smallest absolute Gasteiger partial charge is 0.143 e. The molecule has 4 nitrogen and oxygen atoms in total. The van der Waals surface area contributed by atoms with Crippen molar-refractivity contribution in [3.05, 3.63) is 53.6 Å². The first kappa shape index (κ1) is 13.9. The molecule has 3 aromatic rings. The highest BCUT2D eigenvalue weighted by Gasteiger charge is 2.25. The van der Waals surface area contributed by atoms with Crippen LogP contribution in [0.2, 0.25) is 0 Å². The van der Waals surface area contributed by atoms with Crippen molar-refractivity contribution < 1.29 is 9.50 Å². The number of benzene rings is 1. The quantitative estimate of drug-likeness (QED) is 0.785. The summed E-state index contributed by atoms with van der Waals surface area (Å²) in [6.07, 6.45) is 1.97.